The molecule has 0 bridgehead atoms. The summed E-state index contributed by atoms with van der Waals surface area (Å²) < 4.78 is 6.01. The maximum absolute atomic E-state index is 6.01. The third-order valence-corrected chi connectivity index (χ3v) is 3.17. The summed E-state index contributed by atoms with van der Waals surface area (Å²) in [6.07, 6.45) is 1.09. The molecular formula is C12H15NO. The predicted octanol–water partition coefficient (Wildman–Crippen LogP) is 1.61. The molecule has 0 amide bonds. The molecule has 1 aromatic rings. The van der Waals surface area contributed by atoms with Crippen LogP contribution >= 0.6 is 0 Å². The Morgan fingerprint density at radius 3 is 2.86 bits per heavy atom. The molecule has 0 saturated carbocycles. The average molecular weight is 189 g/mol. The van der Waals surface area contributed by atoms with Gasteiger partial charge in [-0.1, -0.05) is 17.7 Å². The number of benzene rings is 1. The Labute approximate surface area is 84.5 Å². The highest BCUT2D eigenvalue weighted by Crippen LogP contribution is 2.39. The first-order valence-electron chi connectivity index (χ1n) is 5.14. The predicted molar refractivity (Wildman–Crippen MR) is 55.7 cm³/mol. The van der Waals surface area contributed by atoms with E-state index in [2.05, 4.69) is 37.1 Å². The molecule has 0 aromatic heterocycles. The molecule has 2 aliphatic rings. The minimum Gasteiger partial charge on any atom is -0.484 e. The number of likely N-dealkylation sites (N-methyl/N-ethyl adjacent to an activating group) is 1. The molecule has 14 heavy (non-hydrogen) atoms. The van der Waals surface area contributed by atoms with E-state index < -0.39 is 0 Å². The van der Waals surface area contributed by atoms with Gasteiger partial charge in [0.05, 0.1) is 0 Å². The lowest BCUT2D eigenvalue weighted by molar-refractivity contribution is -0.0482. The molecule has 1 aromatic carbocycles. The second-order valence-corrected chi connectivity index (χ2v) is 4.75. The maximum Gasteiger partial charge on any atom is 0.138 e. The smallest absolute Gasteiger partial charge is 0.138 e. The van der Waals surface area contributed by atoms with E-state index in [0.717, 1.165) is 25.3 Å². The van der Waals surface area contributed by atoms with Gasteiger partial charge in [0, 0.05) is 19.5 Å². The van der Waals surface area contributed by atoms with E-state index in [4.69, 9.17) is 4.74 Å². The van der Waals surface area contributed by atoms with Crippen LogP contribution in [0.4, 0.5) is 0 Å². The van der Waals surface area contributed by atoms with Crippen molar-refractivity contribution in [2.24, 2.45) is 0 Å². The van der Waals surface area contributed by atoms with E-state index in [0.29, 0.717) is 0 Å². The molecule has 74 valence electrons. The molecule has 1 saturated heterocycles. The summed E-state index contributed by atoms with van der Waals surface area (Å²) >= 11 is 0. The highest BCUT2D eigenvalue weighted by atomic mass is 16.5. The summed E-state index contributed by atoms with van der Waals surface area (Å²) in [4.78, 5) is 2.30. The highest BCUT2D eigenvalue weighted by molar-refractivity contribution is 5.43. The second-order valence-electron chi connectivity index (χ2n) is 4.75. The first-order valence-corrected chi connectivity index (χ1v) is 5.14. The minimum absolute atomic E-state index is 0.116. The van der Waals surface area contributed by atoms with Crippen LogP contribution in [-0.4, -0.2) is 30.6 Å². The Hall–Kier alpha value is -1.02. The number of hydrogen-bond donors (Lipinski definition) is 0. The van der Waals surface area contributed by atoms with Crippen molar-refractivity contribution >= 4 is 0 Å². The van der Waals surface area contributed by atoms with E-state index in [1.807, 2.05) is 0 Å². The Morgan fingerprint density at radius 2 is 2.14 bits per heavy atom. The summed E-state index contributed by atoms with van der Waals surface area (Å²) in [6, 6.07) is 6.49. The van der Waals surface area contributed by atoms with Crippen molar-refractivity contribution in [1.29, 1.82) is 0 Å². The zero-order valence-corrected chi connectivity index (χ0v) is 8.71. The topological polar surface area (TPSA) is 12.5 Å². The van der Waals surface area contributed by atoms with E-state index in [1.165, 1.54) is 11.1 Å². The van der Waals surface area contributed by atoms with E-state index in [9.17, 15) is 0 Å². The molecule has 1 spiro atoms. The monoisotopic (exact) mass is 189 g/mol. The summed E-state index contributed by atoms with van der Waals surface area (Å²) in [5.74, 6) is 1.10. The van der Waals surface area contributed by atoms with Gasteiger partial charge in [-0.3, -0.25) is 4.90 Å². The van der Waals surface area contributed by atoms with Crippen LogP contribution in [0.5, 0.6) is 5.75 Å². The van der Waals surface area contributed by atoms with Gasteiger partial charge < -0.3 is 4.74 Å². The molecule has 0 radical (unpaired) electrons. The van der Waals surface area contributed by atoms with Crippen LogP contribution in [0.15, 0.2) is 18.2 Å². The van der Waals surface area contributed by atoms with E-state index in [-0.39, 0.29) is 5.60 Å². The zero-order valence-electron chi connectivity index (χ0n) is 8.71. The summed E-state index contributed by atoms with van der Waals surface area (Å²) in [5, 5.41) is 0. The Kier molecular flexibility index (Phi) is 1.49. The molecule has 3 rings (SSSR count). The highest BCUT2D eigenvalue weighted by Gasteiger charge is 2.47. The fraction of sp³-hybridized carbons (Fsp3) is 0.500. The number of aryl methyl sites for hydroxylation is 1. The number of fused-ring (bicyclic) bond motifs is 1. The summed E-state index contributed by atoms with van der Waals surface area (Å²) in [5.41, 5.74) is 2.83. The molecule has 2 heterocycles. The molecule has 2 heteroatoms. The molecule has 0 unspecified atom stereocenters. The molecule has 0 aliphatic carbocycles. The van der Waals surface area contributed by atoms with Gasteiger partial charge in [0.1, 0.15) is 11.4 Å². The Balaban J connectivity index is 1.91. The van der Waals surface area contributed by atoms with E-state index >= 15 is 0 Å². The van der Waals surface area contributed by atoms with Gasteiger partial charge in [-0.25, -0.2) is 0 Å². The minimum atomic E-state index is 0.116. The average Bonchev–Trinajstić information content (AvgIpc) is 2.41. The van der Waals surface area contributed by atoms with Gasteiger partial charge in [-0.05, 0) is 25.6 Å². The number of likely N-dealkylation sites (tertiary alicyclic amines) is 1. The molecule has 0 atom stereocenters. The maximum atomic E-state index is 6.01. The molecule has 2 aliphatic heterocycles. The van der Waals surface area contributed by atoms with Crippen LogP contribution in [0.25, 0.3) is 0 Å². The van der Waals surface area contributed by atoms with Crippen molar-refractivity contribution in [1.82, 2.24) is 4.90 Å². The first kappa shape index (κ1) is 8.30. The number of hydrogen-bond acceptors (Lipinski definition) is 2. The number of ether oxygens (including phenoxy) is 1. The number of rotatable bonds is 0. The molecule has 1 fully saturated rings. The largest absolute Gasteiger partial charge is 0.484 e. The van der Waals surface area contributed by atoms with Crippen molar-refractivity contribution in [3.05, 3.63) is 29.3 Å². The lowest BCUT2D eigenvalue weighted by Crippen LogP contribution is -2.62. The summed E-state index contributed by atoms with van der Waals surface area (Å²) in [7, 11) is 2.14. The third-order valence-electron chi connectivity index (χ3n) is 3.17. The zero-order chi connectivity index (χ0) is 9.76. The van der Waals surface area contributed by atoms with Crippen molar-refractivity contribution in [3.8, 4) is 5.75 Å². The van der Waals surface area contributed by atoms with E-state index in [1.54, 1.807) is 0 Å². The Bertz CT molecular complexity index is 380. The fourth-order valence-electron chi connectivity index (χ4n) is 2.68. The van der Waals surface area contributed by atoms with Crippen LogP contribution in [0.1, 0.15) is 11.1 Å². The van der Waals surface area contributed by atoms with Crippen LogP contribution in [0.3, 0.4) is 0 Å². The normalized spacial score (nSPS) is 23.0. The van der Waals surface area contributed by atoms with Crippen LogP contribution in [0, 0.1) is 6.92 Å². The standard InChI is InChI=1S/C12H15NO/c1-9-3-4-11-10(5-9)6-12(14-11)7-13(2)8-12/h3-5H,6-8H2,1-2H3. The van der Waals surface area contributed by atoms with Crippen molar-refractivity contribution in [2.45, 2.75) is 18.9 Å². The van der Waals surface area contributed by atoms with Gasteiger partial charge in [0.2, 0.25) is 0 Å². The fourth-order valence-corrected chi connectivity index (χ4v) is 2.68. The van der Waals surface area contributed by atoms with Gasteiger partial charge in [0.15, 0.2) is 0 Å². The quantitative estimate of drug-likeness (QED) is 0.615. The van der Waals surface area contributed by atoms with Crippen LogP contribution in [-0.2, 0) is 6.42 Å². The molecular weight excluding hydrogens is 174 g/mol. The van der Waals surface area contributed by atoms with Crippen molar-refractivity contribution in [3.63, 3.8) is 0 Å². The SMILES string of the molecule is Cc1ccc2c(c1)CC1(CN(C)C1)O2. The molecule has 2 nitrogen and oxygen atoms in total. The van der Waals surface area contributed by atoms with Crippen molar-refractivity contribution < 1.29 is 4.74 Å². The first-order chi connectivity index (χ1) is 6.67. The van der Waals surface area contributed by atoms with Gasteiger partial charge in [-0.2, -0.15) is 0 Å². The second kappa shape index (κ2) is 2.51. The van der Waals surface area contributed by atoms with Crippen LogP contribution in [0.2, 0.25) is 0 Å². The van der Waals surface area contributed by atoms with Gasteiger partial charge in [0.25, 0.3) is 0 Å². The van der Waals surface area contributed by atoms with Crippen molar-refractivity contribution in [2.75, 3.05) is 20.1 Å². The molecule has 0 N–H and O–H groups in total. The lowest BCUT2D eigenvalue weighted by Gasteiger charge is -2.44. The Morgan fingerprint density at radius 1 is 1.36 bits per heavy atom. The lowest BCUT2D eigenvalue weighted by atomic mass is 9.89. The van der Waals surface area contributed by atoms with Gasteiger partial charge in [-0.15, -0.1) is 0 Å². The summed E-state index contributed by atoms with van der Waals surface area (Å²) in [6.45, 7) is 4.28. The third kappa shape index (κ3) is 1.07. The van der Waals surface area contributed by atoms with Crippen LogP contribution < -0.4 is 4.74 Å². The van der Waals surface area contributed by atoms with Gasteiger partial charge >= 0.3 is 0 Å². The number of nitrogens with zero attached hydrogens (tertiary/aromatic N) is 1.